The van der Waals surface area contributed by atoms with E-state index in [1.807, 2.05) is 64.4 Å². The number of rotatable bonds is 2. The normalized spacial score (nSPS) is 20.0. The lowest BCUT2D eigenvalue weighted by Gasteiger charge is -2.37. The molecular weight excluding hydrogens is 865 g/mol. The summed E-state index contributed by atoms with van der Waals surface area (Å²) in [7, 11) is 0. The highest BCUT2D eigenvalue weighted by atomic mass is 32.1. The summed E-state index contributed by atoms with van der Waals surface area (Å²) in [6.07, 6.45) is 21.2. The van der Waals surface area contributed by atoms with Crippen LogP contribution in [0.1, 0.15) is 122 Å². The van der Waals surface area contributed by atoms with Gasteiger partial charge in [-0.25, -0.2) is 0 Å². The highest BCUT2D eigenvalue weighted by Crippen LogP contribution is 2.64. The molecule has 2 fully saturated rings. The van der Waals surface area contributed by atoms with Crippen LogP contribution in [0, 0.1) is 0 Å². The highest BCUT2D eigenvalue weighted by Gasteiger charge is 2.49. The van der Waals surface area contributed by atoms with E-state index in [0.29, 0.717) is 23.1 Å². The Morgan fingerprint density at radius 2 is 0.864 bits per heavy atom. The van der Waals surface area contributed by atoms with Crippen LogP contribution in [0.5, 0.6) is 0 Å². The van der Waals surface area contributed by atoms with E-state index in [0.717, 1.165) is 87.7 Å². The van der Waals surface area contributed by atoms with Gasteiger partial charge in [-0.1, -0.05) is 99.2 Å². The fourth-order valence-corrected chi connectivity index (χ4v) is 18.2. The van der Waals surface area contributed by atoms with Gasteiger partial charge in [-0.15, -0.1) is 34.0 Å². The third-order valence-electron chi connectivity index (χ3n) is 16.5. The van der Waals surface area contributed by atoms with Gasteiger partial charge < -0.3 is 0 Å². The molecule has 0 aliphatic heterocycles. The Balaban J connectivity index is 0.814. The SMILES string of the molecule is O=C1/C(=C/C2=Cc3sc4c(sc5c6c(sc54)C=C(C=C4C(=O)c5cc7cc8ccccc8cc7cc5C4=O)C64CCCCC4)c3C23CCCCC3)Cc2cc3cc4ccccc4cc3cc21. The van der Waals surface area contributed by atoms with Crippen molar-refractivity contribution in [2.24, 2.45) is 0 Å². The van der Waals surface area contributed by atoms with Gasteiger partial charge in [-0.3, -0.25) is 14.4 Å². The van der Waals surface area contributed by atoms with Crippen molar-refractivity contribution < 1.29 is 14.4 Å². The molecule has 6 heteroatoms. The van der Waals surface area contributed by atoms with Crippen LogP contribution in [0.25, 0.3) is 74.0 Å². The zero-order chi connectivity index (χ0) is 43.6. The van der Waals surface area contributed by atoms with Gasteiger partial charge in [0.05, 0.1) is 24.4 Å². The van der Waals surface area contributed by atoms with Crippen LogP contribution in [0.3, 0.4) is 0 Å². The molecule has 3 heterocycles. The maximum Gasteiger partial charge on any atom is 0.197 e. The number of benzene rings is 6. The molecule has 3 aromatic heterocycles. The quantitative estimate of drug-likeness (QED) is 0.0986. The Morgan fingerprint density at radius 1 is 0.424 bits per heavy atom. The number of hydrogen-bond donors (Lipinski definition) is 0. The first-order valence-corrected chi connectivity index (χ1v) is 26.2. The van der Waals surface area contributed by atoms with Crippen LogP contribution in [-0.4, -0.2) is 17.3 Å². The second-order valence-corrected chi connectivity index (χ2v) is 23.1. The fourth-order valence-electron chi connectivity index (χ4n) is 13.4. The van der Waals surface area contributed by atoms with E-state index in [4.69, 9.17) is 0 Å². The Morgan fingerprint density at radius 3 is 1.35 bits per heavy atom. The summed E-state index contributed by atoms with van der Waals surface area (Å²) in [5, 5.41) is 8.98. The third-order valence-corrected chi connectivity index (χ3v) is 20.5. The van der Waals surface area contributed by atoms with Crippen LogP contribution < -0.4 is 0 Å². The van der Waals surface area contributed by atoms with E-state index in [2.05, 4.69) is 91.0 Å². The first-order valence-electron chi connectivity index (χ1n) is 23.8. The van der Waals surface area contributed by atoms with Gasteiger partial charge in [0.1, 0.15) is 0 Å². The first kappa shape index (κ1) is 38.1. The summed E-state index contributed by atoms with van der Waals surface area (Å²) in [6, 6.07) is 33.8. The molecule has 3 nitrogen and oxygen atoms in total. The zero-order valence-corrected chi connectivity index (χ0v) is 38.7. The molecule has 6 aliphatic rings. The van der Waals surface area contributed by atoms with Gasteiger partial charge in [-0.05, 0) is 157 Å². The third kappa shape index (κ3) is 5.10. The van der Waals surface area contributed by atoms with Crippen molar-refractivity contribution in [2.75, 3.05) is 0 Å². The minimum atomic E-state index is -0.210. The molecule has 0 amide bonds. The topological polar surface area (TPSA) is 51.2 Å². The molecule has 6 aromatic carbocycles. The van der Waals surface area contributed by atoms with Gasteiger partial charge in [0.25, 0.3) is 0 Å². The summed E-state index contributed by atoms with van der Waals surface area (Å²) < 4.78 is 5.69. The largest absolute Gasteiger partial charge is 0.289 e. The molecule has 0 atom stereocenters. The summed E-state index contributed by atoms with van der Waals surface area (Å²) in [5.74, 6) is -0.112. The molecule has 0 N–H and O–H groups in total. The first-order chi connectivity index (χ1) is 32.3. The number of thiophene rings is 3. The molecule has 9 aromatic rings. The summed E-state index contributed by atoms with van der Waals surface area (Å²) in [6.45, 7) is 0. The van der Waals surface area contributed by atoms with Gasteiger partial charge in [0.15, 0.2) is 17.3 Å². The second-order valence-electron chi connectivity index (χ2n) is 20.0. The lowest BCUT2D eigenvalue weighted by atomic mass is 9.67. The Bertz CT molecular complexity index is 3840. The number of carbonyl (C=O) groups excluding carboxylic acids is 3. The maximum atomic E-state index is 14.3. The highest BCUT2D eigenvalue weighted by molar-refractivity contribution is 7.39. The van der Waals surface area contributed by atoms with Gasteiger partial charge in [0.2, 0.25) is 0 Å². The van der Waals surface area contributed by atoms with E-state index in [9.17, 15) is 14.4 Å². The number of hydrogen-bond acceptors (Lipinski definition) is 6. The average molecular weight is 907 g/mol. The second kappa shape index (κ2) is 13.5. The minimum Gasteiger partial charge on any atom is -0.289 e. The lowest BCUT2D eigenvalue weighted by Crippen LogP contribution is -2.29. The predicted octanol–water partition coefficient (Wildman–Crippen LogP) is 16.4. The molecule has 6 aliphatic carbocycles. The van der Waals surface area contributed by atoms with Crippen molar-refractivity contribution in [3.63, 3.8) is 0 Å². The average Bonchev–Trinajstić information content (AvgIpc) is 4.18. The standard InChI is InChI=1S/C60H42O3S3/c61-52-41(24-40-23-36-19-32-11-3-4-12-33(32)20-37(36)26-44(40)52)25-42-30-48-50(59(42)15-7-1-8-16-59)55-57(64-48)58-56(66-55)51-49(65-58)31-43(60(51)17-9-2-10-18-60)29-47-53(62)45-27-38-21-34-13-5-6-14-35(34)22-39(38)28-46(45)54(47)63/h3-6,11-14,19-23,25-31H,1-2,7-10,15-18,24H2/b41-25+. The van der Waals surface area contributed by atoms with Crippen molar-refractivity contribution in [2.45, 2.75) is 81.5 Å². The van der Waals surface area contributed by atoms with Crippen molar-refractivity contribution >= 4 is 125 Å². The van der Waals surface area contributed by atoms with E-state index < -0.39 is 0 Å². The van der Waals surface area contributed by atoms with Crippen molar-refractivity contribution in [1.29, 1.82) is 0 Å². The van der Waals surface area contributed by atoms with Crippen molar-refractivity contribution in [3.8, 4) is 0 Å². The number of fused-ring (bicyclic) bond motifs is 15. The molecule has 0 radical (unpaired) electrons. The molecule has 0 bridgehead atoms. The lowest BCUT2D eigenvalue weighted by molar-refractivity contribution is 0.0986. The summed E-state index contributed by atoms with van der Waals surface area (Å²) >= 11 is 5.90. The van der Waals surface area contributed by atoms with E-state index in [-0.39, 0.29) is 28.2 Å². The molecule has 66 heavy (non-hydrogen) atoms. The van der Waals surface area contributed by atoms with Gasteiger partial charge in [0, 0.05) is 49.3 Å². The number of carbonyl (C=O) groups is 3. The van der Waals surface area contributed by atoms with E-state index in [1.165, 1.54) is 87.1 Å². The molecule has 2 saturated carbocycles. The van der Waals surface area contributed by atoms with Crippen LogP contribution >= 0.6 is 34.0 Å². The molecule has 15 rings (SSSR count). The molecular formula is C60H42O3S3. The molecule has 2 spiro atoms. The maximum absolute atomic E-state index is 14.3. The molecule has 0 saturated heterocycles. The molecule has 0 unspecified atom stereocenters. The zero-order valence-electron chi connectivity index (χ0n) is 36.3. The number of ketones is 3. The van der Waals surface area contributed by atoms with E-state index in [1.54, 1.807) is 0 Å². The van der Waals surface area contributed by atoms with E-state index >= 15 is 0 Å². The number of Topliss-reactive ketones (excluding diaryl/α,β-unsaturated/α-hetero) is 3. The van der Waals surface area contributed by atoms with Gasteiger partial charge >= 0.3 is 0 Å². The monoisotopic (exact) mass is 906 g/mol. The predicted molar refractivity (Wildman–Crippen MR) is 276 cm³/mol. The van der Waals surface area contributed by atoms with Crippen molar-refractivity contribution in [1.82, 2.24) is 0 Å². The Kier molecular flexibility index (Phi) is 7.81. The fraction of sp³-hybridized carbons (Fsp3) is 0.217. The van der Waals surface area contributed by atoms with Crippen molar-refractivity contribution in [3.05, 3.63) is 175 Å². The number of allylic oxidation sites excluding steroid dienone is 6. The summed E-state index contributed by atoms with van der Waals surface area (Å²) in [4.78, 5) is 45.6. The summed E-state index contributed by atoms with van der Waals surface area (Å²) in [5.41, 5.74) is 9.45. The van der Waals surface area contributed by atoms with Gasteiger partial charge in [-0.2, -0.15) is 0 Å². The Hall–Kier alpha value is -6.05. The van der Waals surface area contributed by atoms with Crippen LogP contribution in [0.2, 0.25) is 0 Å². The van der Waals surface area contributed by atoms with Crippen LogP contribution in [0.4, 0.5) is 0 Å². The Labute approximate surface area is 393 Å². The van der Waals surface area contributed by atoms with Crippen LogP contribution in [-0.2, 0) is 17.3 Å². The smallest absolute Gasteiger partial charge is 0.197 e. The van der Waals surface area contributed by atoms with Crippen LogP contribution in [0.15, 0.2) is 132 Å². The minimum absolute atomic E-state index is 0.0848. The molecule has 318 valence electrons.